The monoisotopic (exact) mass is 353 g/mol. The number of benzene rings is 1. The van der Waals surface area contributed by atoms with E-state index in [1.165, 1.54) is 5.56 Å². The molecule has 0 amide bonds. The van der Waals surface area contributed by atoms with Gasteiger partial charge < -0.3 is 15.8 Å². The second-order valence-electron chi connectivity index (χ2n) is 4.62. The Morgan fingerprint density at radius 3 is 2.80 bits per heavy atom. The van der Waals surface area contributed by atoms with Crippen LogP contribution in [0.4, 0.5) is 5.69 Å². The summed E-state index contributed by atoms with van der Waals surface area (Å²) in [6.07, 6.45) is 0. The molecule has 0 saturated heterocycles. The van der Waals surface area contributed by atoms with Crippen molar-refractivity contribution in [2.24, 2.45) is 10.9 Å². The summed E-state index contributed by atoms with van der Waals surface area (Å²) >= 11 is 5.13. The third-order valence-corrected chi connectivity index (χ3v) is 4.54. The largest absolute Gasteiger partial charge is 0.409 e. The highest BCUT2D eigenvalue weighted by molar-refractivity contribution is 9.11. The van der Waals surface area contributed by atoms with E-state index in [0.717, 1.165) is 27.1 Å². The number of nitrogens with two attached hydrogens (primary N) is 1. The number of hydrogen-bond acceptors (Lipinski definition) is 4. The summed E-state index contributed by atoms with van der Waals surface area (Å²) in [7, 11) is 1.99. The lowest BCUT2D eigenvalue weighted by Crippen LogP contribution is -2.22. The summed E-state index contributed by atoms with van der Waals surface area (Å²) in [5.74, 6) is 0.127. The van der Waals surface area contributed by atoms with Crippen LogP contribution in [0.3, 0.4) is 0 Å². The fraction of sp³-hybridized carbons (Fsp3) is 0.214. The Hall–Kier alpha value is -1.53. The Balaban J connectivity index is 2.31. The predicted molar refractivity (Wildman–Crippen MR) is 87.8 cm³/mol. The van der Waals surface area contributed by atoms with Crippen LogP contribution in [0.5, 0.6) is 0 Å². The van der Waals surface area contributed by atoms with Crippen LogP contribution >= 0.6 is 27.3 Å². The third-order valence-electron chi connectivity index (χ3n) is 2.99. The summed E-state index contributed by atoms with van der Waals surface area (Å²) in [5.41, 5.74) is 9.73. The Labute approximate surface area is 130 Å². The van der Waals surface area contributed by atoms with Crippen molar-refractivity contribution in [3.8, 4) is 0 Å². The van der Waals surface area contributed by atoms with Gasteiger partial charge in [0.25, 0.3) is 0 Å². The maximum absolute atomic E-state index is 8.92. The molecular formula is C14H16BrN3OS. The van der Waals surface area contributed by atoms with Gasteiger partial charge in [0.2, 0.25) is 0 Å². The van der Waals surface area contributed by atoms with Gasteiger partial charge >= 0.3 is 0 Å². The molecule has 20 heavy (non-hydrogen) atoms. The van der Waals surface area contributed by atoms with Gasteiger partial charge in [-0.05, 0) is 52.0 Å². The Morgan fingerprint density at radius 1 is 1.45 bits per heavy atom. The van der Waals surface area contributed by atoms with Crippen molar-refractivity contribution in [3.05, 3.63) is 50.1 Å². The van der Waals surface area contributed by atoms with Crippen molar-refractivity contribution in [2.75, 3.05) is 11.9 Å². The number of oxime groups is 1. The Morgan fingerprint density at radius 2 is 2.20 bits per heavy atom. The zero-order valence-electron chi connectivity index (χ0n) is 11.3. The maximum atomic E-state index is 8.92. The van der Waals surface area contributed by atoms with E-state index in [1.807, 2.05) is 32.2 Å². The standard InChI is InChI=1S/C14H16BrN3OS/c1-9-3-4-12(11(5-9)14(16)17-19)18(2)7-10-6-13(15)20-8-10/h3-6,8,19H,7H2,1-2H3,(H2,16,17). The summed E-state index contributed by atoms with van der Waals surface area (Å²) in [6.45, 7) is 2.74. The summed E-state index contributed by atoms with van der Waals surface area (Å²) in [5, 5.41) is 14.1. The molecule has 0 radical (unpaired) electrons. The molecule has 6 heteroatoms. The molecule has 4 nitrogen and oxygen atoms in total. The molecule has 0 unspecified atom stereocenters. The molecule has 0 aliphatic heterocycles. The lowest BCUT2D eigenvalue weighted by molar-refractivity contribution is 0.318. The Kier molecular flexibility index (Phi) is 4.67. The van der Waals surface area contributed by atoms with Gasteiger partial charge in [0.1, 0.15) is 0 Å². The zero-order chi connectivity index (χ0) is 14.7. The number of halogens is 1. The van der Waals surface area contributed by atoms with E-state index in [4.69, 9.17) is 10.9 Å². The van der Waals surface area contributed by atoms with Crippen molar-refractivity contribution >= 4 is 38.8 Å². The first-order chi connectivity index (χ1) is 9.51. The smallest absolute Gasteiger partial charge is 0.172 e. The van der Waals surface area contributed by atoms with Crippen LogP contribution < -0.4 is 10.6 Å². The number of thiophene rings is 1. The van der Waals surface area contributed by atoms with Crippen LogP contribution in [-0.4, -0.2) is 18.1 Å². The van der Waals surface area contributed by atoms with E-state index in [-0.39, 0.29) is 5.84 Å². The Bertz CT molecular complexity index is 639. The van der Waals surface area contributed by atoms with E-state index in [9.17, 15) is 0 Å². The molecule has 0 atom stereocenters. The maximum Gasteiger partial charge on any atom is 0.172 e. The normalized spacial score (nSPS) is 11.7. The second kappa shape index (κ2) is 6.28. The van der Waals surface area contributed by atoms with Gasteiger partial charge in [0, 0.05) is 24.8 Å². The summed E-state index contributed by atoms with van der Waals surface area (Å²) < 4.78 is 1.11. The SMILES string of the molecule is Cc1ccc(N(C)Cc2csc(Br)c2)c(/C(N)=N/O)c1. The number of nitrogens with zero attached hydrogens (tertiary/aromatic N) is 2. The minimum absolute atomic E-state index is 0.127. The van der Waals surface area contributed by atoms with E-state index < -0.39 is 0 Å². The molecule has 2 rings (SSSR count). The molecule has 0 bridgehead atoms. The van der Waals surface area contributed by atoms with E-state index in [1.54, 1.807) is 11.3 Å². The van der Waals surface area contributed by atoms with E-state index in [0.29, 0.717) is 0 Å². The molecule has 1 aromatic carbocycles. The van der Waals surface area contributed by atoms with Crippen molar-refractivity contribution < 1.29 is 5.21 Å². The summed E-state index contributed by atoms with van der Waals surface area (Å²) in [4.78, 5) is 2.08. The van der Waals surface area contributed by atoms with Crippen LogP contribution in [0, 0.1) is 6.92 Å². The van der Waals surface area contributed by atoms with Gasteiger partial charge in [-0.1, -0.05) is 16.8 Å². The molecule has 0 aliphatic carbocycles. The fourth-order valence-electron chi connectivity index (χ4n) is 2.03. The van der Waals surface area contributed by atoms with Crippen LogP contribution in [0.2, 0.25) is 0 Å². The molecule has 0 fully saturated rings. The quantitative estimate of drug-likeness (QED) is 0.382. The van der Waals surface area contributed by atoms with Gasteiger partial charge in [-0.3, -0.25) is 0 Å². The first-order valence-corrected chi connectivity index (χ1v) is 7.71. The average Bonchev–Trinajstić information content (AvgIpc) is 2.82. The molecule has 106 valence electrons. The number of aryl methyl sites for hydroxylation is 1. The van der Waals surface area contributed by atoms with Crippen LogP contribution in [0.25, 0.3) is 0 Å². The predicted octanol–water partition coefficient (Wildman–Crippen LogP) is 3.55. The van der Waals surface area contributed by atoms with Gasteiger partial charge in [-0.15, -0.1) is 11.3 Å². The van der Waals surface area contributed by atoms with Crippen molar-refractivity contribution in [2.45, 2.75) is 13.5 Å². The molecular weight excluding hydrogens is 338 g/mol. The average molecular weight is 354 g/mol. The lowest BCUT2D eigenvalue weighted by atomic mass is 10.1. The van der Waals surface area contributed by atoms with Gasteiger partial charge in [-0.2, -0.15) is 0 Å². The highest BCUT2D eigenvalue weighted by Crippen LogP contribution is 2.26. The molecule has 0 spiro atoms. The van der Waals surface area contributed by atoms with E-state index in [2.05, 4.69) is 37.4 Å². The fourth-order valence-corrected chi connectivity index (χ4v) is 3.23. The first kappa shape index (κ1) is 14.9. The van der Waals surface area contributed by atoms with Crippen molar-refractivity contribution in [1.29, 1.82) is 0 Å². The first-order valence-electron chi connectivity index (χ1n) is 6.04. The summed E-state index contributed by atoms with van der Waals surface area (Å²) in [6, 6.07) is 8.02. The molecule has 3 N–H and O–H groups in total. The van der Waals surface area contributed by atoms with Crippen molar-refractivity contribution in [1.82, 2.24) is 0 Å². The highest BCUT2D eigenvalue weighted by atomic mass is 79.9. The van der Waals surface area contributed by atoms with Gasteiger partial charge in [0.05, 0.1) is 3.79 Å². The molecule has 0 saturated carbocycles. The number of hydrogen-bond donors (Lipinski definition) is 2. The van der Waals surface area contributed by atoms with Crippen LogP contribution in [0.15, 0.2) is 38.6 Å². The molecule has 1 heterocycles. The second-order valence-corrected chi connectivity index (χ2v) is 6.91. The molecule has 2 aromatic rings. The lowest BCUT2D eigenvalue weighted by Gasteiger charge is -2.22. The van der Waals surface area contributed by atoms with E-state index >= 15 is 0 Å². The third kappa shape index (κ3) is 3.32. The van der Waals surface area contributed by atoms with Crippen LogP contribution in [0.1, 0.15) is 16.7 Å². The zero-order valence-corrected chi connectivity index (χ0v) is 13.7. The van der Waals surface area contributed by atoms with Gasteiger partial charge in [-0.25, -0.2) is 0 Å². The van der Waals surface area contributed by atoms with Crippen LogP contribution in [-0.2, 0) is 6.54 Å². The highest BCUT2D eigenvalue weighted by Gasteiger charge is 2.12. The minimum atomic E-state index is 0.127. The topological polar surface area (TPSA) is 61.8 Å². The number of anilines is 1. The molecule has 1 aromatic heterocycles. The van der Waals surface area contributed by atoms with Gasteiger partial charge in [0.15, 0.2) is 5.84 Å². The van der Waals surface area contributed by atoms with Crippen molar-refractivity contribution in [3.63, 3.8) is 0 Å². The number of rotatable bonds is 4. The number of amidine groups is 1. The minimum Gasteiger partial charge on any atom is -0.409 e. The molecule has 0 aliphatic rings.